The fraction of sp³-hybridized carbons (Fsp3) is 0.367. The van der Waals surface area contributed by atoms with Crippen molar-refractivity contribution in [3.05, 3.63) is 91.6 Å². The molecule has 0 atom stereocenters. The van der Waals surface area contributed by atoms with E-state index < -0.39 is 72.5 Å². The predicted octanol–water partition coefficient (Wildman–Crippen LogP) is -7.26. The smallest absolute Gasteiger partial charge is 0.845 e. The Morgan fingerprint density at radius 3 is 1.44 bits per heavy atom. The summed E-state index contributed by atoms with van der Waals surface area (Å²) in [4.78, 5) is 44.8. The number of amides is 2. The molecule has 1 heterocycles. The molecule has 0 aliphatic heterocycles. The Morgan fingerprint density at radius 1 is 0.727 bits per heavy atom. The van der Waals surface area contributed by atoms with Crippen LogP contribution in [0.3, 0.4) is 0 Å². The average molecular weight is 1250 g/mol. The fourth-order valence-corrected chi connectivity index (χ4v) is 9.26. The molecule has 0 aliphatic carbocycles. The molecule has 66 heavy (non-hydrogen) atoms. The van der Waals surface area contributed by atoms with Crippen LogP contribution < -0.4 is 116 Å². The van der Waals surface area contributed by atoms with Crippen molar-refractivity contribution in [2.75, 3.05) is 54.8 Å². The van der Waals surface area contributed by atoms with E-state index in [0.717, 1.165) is 11.1 Å². The molecule has 36 heteroatoms. The second-order valence-corrected chi connectivity index (χ2v) is 21.2. The van der Waals surface area contributed by atoms with Crippen molar-refractivity contribution < 1.29 is 151 Å². The number of ether oxygens (including phenoxy) is 1. The minimum absolute atomic E-state index is 0. The van der Waals surface area contributed by atoms with Crippen LogP contribution in [0.2, 0.25) is 0 Å². The van der Waals surface area contributed by atoms with Gasteiger partial charge in [-0.25, -0.2) is 43.3 Å². The summed E-state index contributed by atoms with van der Waals surface area (Å²) in [7, 11) is -16.3. The Hall–Kier alpha value is 0.720. The Kier molecular flexibility index (Phi) is 45.0. The molecule has 0 unspecified atom stereocenters. The topological polar surface area (TPSA) is 330 Å². The quantitative estimate of drug-likeness (QED) is 0.0549. The number of nitrogens with one attached hydrogen (secondary N) is 2. The molecule has 358 valence electrons. The van der Waals surface area contributed by atoms with Gasteiger partial charge in [-0.05, 0) is 35.4 Å². The first kappa shape index (κ1) is 75.6. The van der Waals surface area contributed by atoms with Gasteiger partial charge in [-0.3, -0.25) is 9.59 Å². The van der Waals surface area contributed by atoms with Gasteiger partial charge in [-0.2, -0.15) is 9.07 Å². The number of alkyl halides is 5. The molecule has 0 aliphatic rings. The summed E-state index contributed by atoms with van der Waals surface area (Å²) in [6.07, 6.45) is 0. The Balaban J connectivity index is -0.000000233. The van der Waals surface area contributed by atoms with Gasteiger partial charge < -0.3 is 29.6 Å². The Bertz CT molecular complexity index is 2420. The minimum atomic E-state index is -4.32. The van der Waals surface area contributed by atoms with Crippen LogP contribution in [0.1, 0.15) is 11.1 Å². The van der Waals surface area contributed by atoms with Gasteiger partial charge >= 0.3 is 100 Å². The molecular weight excluding hydrogens is 1210 g/mol. The zero-order valence-electron chi connectivity index (χ0n) is 34.6. The van der Waals surface area contributed by atoms with E-state index in [1.165, 1.54) is 36.4 Å². The van der Waals surface area contributed by atoms with Crippen LogP contribution in [-0.2, 0) is 65.4 Å². The Labute approximate surface area is 490 Å². The molecule has 2 N–H and O–H groups in total. The van der Waals surface area contributed by atoms with Crippen LogP contribution in [-0.4, -0.2) is 123 Å². The largest absolute Gasteiger partial charge is 1.00 e. The summed E-state index contributed by atoms with van der Waals surface area (Å²) in [5, 5.41) is 15.2. The van der Waals surface area contributed by atoms with E-state index >= 15 is 0 Å². The van der Waals surface area contributed by atoms with Crippen LogP contribution in [0, 0.1) is 0 Å². The fourth-order valence-electron chi connectivity index (χ4n) is 3.10. The number of carbonyl (C=O) groups is 2. The minimum Gasteiger partial charge on any atom is -0.845 e. The predicted molar refractivity (Wildman–Crippen MR) is 237 cm³/mol. The second-order valence-electron chi connectivity index (χ2n) is 10.8. The van der Waals surface area contributed by atoms with E-state index in [1.807, 2.05) is 0 Å². The standard InChI is InChI=1S/C8H14Cl2N2O3.C7H7BrO3S.C7H7ClO3S.C5H8Cl2O4S2.C3HCl2N3O3.3Na/c9-5-7(13)11-1-3-15-4-2-12-8(14)6-10;2*8-5-6-1-3-7(4-2-6)12(9,10)11;1-5(7)13(10,11)4-12(8,9)3-2-6;4-7-1(9)6-2(10)8(5)3(7)11;;;/h1-6H2,(H,11,13)(H,12,14);2*1-4H,5H2,(H,9,10,11);1-4H2;(H,6,9,10);;;/q;;;;;3*+1/p-3. The van der Waals surface area contributed by atoms with Crippen LogP contribution in [0.4, 0.5) is 0 Å². The number of hydrogen-bond donors (Lipinski definition) is 2. The molecule has 0 spiro atoms. The van der Waals surface area contributed by atoms with E-state index in [-0.39, 0.29) is 136 Å². The van der Waals surface area contributed by atoms with Crippen molar-refractivity contribution in [3.8, 4) is 6.01 Å². The monoisotopic (exact) mass is 1240 g/mol. The third-order valence-electron chi connectivity index (χ3n) is 6.04. The molecule has 2 amide bonds. The first-order valence-electron chi connectivity index (χ1n) is 16.1. The van der Waals surface area contributed by atoms with Crippen LogP contribution in [0.15, 0.2) is 78.9 Å². The average Bonchev–Trinajstić information content (AvgIpc) is 3.21. The number of hydrogen-bond acceptors (Lipinski definition) is 17. The summed E-state index contributed by atoms with van der Waals surface area (Å²) in [5.74, 6) is -0.784. The van der Waals surface area contributed by atoms with E-state index in [1.54, 1.807) is 12.1 Å². The third kappa shape index (κ3) is 34.9. The van der Waals surface area contributed by atoms with Crippen LogP contribution in [0.5, 0.6) is 6.01 Å². The molecule has 1 aromatic heterocycles. The van der Waals surface area contributed by atoms with Crippen molar-refractivity contribution in [1.82, 2.24) is 23.8 Å². The van der Waals surface area contributed by atoms with E-state index in [4.69, 9.17) is 86.3 Å². The maximum absolute atomic E-state index is 11.0. The Morgan fingerprint density at radius 2 is 1.12 bits per heavy atom. The van der Waals surface area contributed by atoms with Gasteiger partial charge in [0.2, 0.25) is 21.7 Å². The van der Waals surface area contributed by atoms with Crippen molar-refractivity contribution in [2.45, 2.75) is 21.0 Å². The van der Waals surface area contributed by atoms with Gasteiger partial charge in [0.1, 0.15) is 36.4 Å². The van der Waals surface area contributed by atoms with Gasteiger partial charge in [0.15, 0.2) is 14.9 Å². The number of benzene rings is 2. The van der Waals surface area contributed by atoms with Gasteiger partial charge in [-0.15, -0.1) is 50.5 Å². The maximum atomic E-state index is 11.0. The summed E-state index contributed by atoms with van der Waals surface area (Å²) in [6.45, 7) is 4.55. The summed E-state index contributed by atoms with van der Waals surface area (Å²) < 4.78 is 111. The molecule has 0 saturated heterocycles. The molecule has 2 aromatic carbocycles. The van der Waals surface area contributed by atoms with Gasteiger partial charge in [0.25, 0.3) is 0 Å². The van der Waals surface area contributed by atoms with Gasteiger partial charge in [0.05, 0.1) is 34.8 Å². The molecular formula is C30H34BrCl7N5Na3O16S4. The molecule has 0 bridgehead atoms. The van der Waals surface area contributed by atoms with Crippen LogP contribution >= 0.6 is 97.5 Å². The summed E-state index contributed by atoms with van der Waals surface area (Å²) in [6, 6.07) is 10.2. The van der Waals surface area contributed by atoms with Crippen molar-refractivity contribution in [3.63, 3.8) is 0 Å². The van der Waals surface area contributed by atoms with Gasteiger partial charge in [0, 0.05) is 53.7 Å². The number of carbonyl (C=O) groups excluding carboxylic acids is 2. The molecule has 3 rings (SSSR count). The van der Waals surface area contributed by atoms with E-state index in [0.29, 0.717) is 37.5 Å². The molecule has 3 aromatic rings. The molecule has 0 fully saturated rings. The number of halogens is 8. The number of aromatic nitrogens is 3. The van der Waals surface area contributed by atoms with Crippen molar-refractivity contribution >= 4 is 149 Å². The second kappa shape index (κ2) is 39.3. The summed E-state index contributed by atoms with van der Waals surface area (Å²) >= 11 is 39.5. The molecule has 0 saturated carbocycles. The van der Waals surface area contributed by atoms with Crippen molar-refractivity contribution in [1.29, 1.82) is 0 Å². The molecule has 21 nitrogen and oxygen atoms in total. The van der Waals surface area contributed by atoms with E-state index in [9.17, 15) is 67.1 Å². The van der Waals surface area contributed by atoms with Crippen LogP contribution in [0.25, 0.3) is 0 Å². The first-order valence-corrected chi connectivity index (χ1v) is 26.7. The maximum Gasteiger partial charge on any atom is 1.00 e. The number of rotatable bonds is 17. The number of nitrogens with zero attached hydrogens (tertiary/aromatic N) is 3. The van der Waals surface area contributed by atoms with E-state index in [2.05, 4.69) is 38.1 Å². The normalized spacial score (nSPS) is 10.6. The number of sulfone groups is 2. The van der Waals surface area contributed by atoms with Crippen molar-refractivity contribution in [2.24, 2.45) is 0 Å². The summed E-state index contributed by atoms with van der Waals surface area (Å²) in [5.41, 5.74) is -0.552. The zero-order chi connectivity index (χ0) is 49.2. The zero-order valence-corrected chi connectivity index (χ0v) is 50.8. The third-order valence-corrected chi connectivity index (χ3v) is 15.1. The molecule has 0 radical (unpaired) electrons. The first-order chi connectivity index (χ1) is 29.0. The SMILES string of the molecule is C=C(Cl)S(=O)(=O)CS(=O)(=O)CCCl.O=C(CCl)NCCOCCNC(=O)CCl.O=S(=O)([O-])c1ccc(CBr)cc1.O=S(=O)([O-])c1ccc(CCl)cc1.O=c1nc([O-])n(Cl)c(=O)n1Cl.[Na+].[Na+].[Na+]. The van der Waals surface area contributed by atoms with Gasteiger partial charge in [-0.1, -0.05) is 58.4 Å².